The summed E-state index contributed by atoms with van der Waals surface area (Å²) in [4.78, 5) is 18.7. The third-order valence-electron chi connectivity index (χ3n) is 3.83. The highest BCUT2D eigenvalue weighted by Crippen LogP contribution is 2.24. The van der Waals surface area contributed by atoms with E-state index >= 15 is 0 Å². The molecular weight excluding hydrogens is 364 g/mol. The van der Waals surface area contributed by atoms with Gasteiger partial charge in [0.25, 0.3) is 0 Å². The van der Waals surface area contributed by atoms with E-state index in [9.17, 15) is 0 Å². The molecule has 2 heterocycles. The zero-order valence-corrected chi connectivity index (χ0v) is 15.0. The first-order valence-corrected chi connectivity index (χ1v) is 9.63. The van der Waals surface area contributed by atoms with Gasteiger partial charge in [-0.1, -0.05) is 12.1 Å². The van der Waals surface area contributed by atoms with Crippen molar-refractivity contribution in [3.8, 4) is 10.8 Å². The van der Waals surface area contributed by atoms with Crippen LogP contribution in [-0.4, -0.2) is 19.9 Å². The van der Waals surface area contributed by atoms with Crippen LogP contribution >= 0.6 is 23.5 Å². The summed E-state index contributed by atoms with van der Waals surface area (Å²) in [6.45, 7) is 0. The van der Waals surface area contributed by atoms with Gasteiger partial charge in [-0.3, -0.25) is 0 Å². The van der Waals surface area contributed by atoms with Crippen LogP contribution in [0.1, 0.15) is 11.4 Å². The van der Waals surface area contributed by atoms with Gasteiger partial charge in [-0.2, -0.15) is 10.5 Å². The Morgan fingerprint density at radius 3 is 1.50 bits per heavy atom. The standard InChI is InChI=1S/C18H10N6S2/c19-9-25-7-17-18(8-26-10-20)24-16-6-14-13(5-15(16)23-17)21-11-3-1-2-4-12(11)22-14/h1-6H,7-8H2. The molecule has 0 aliphatic heterocycles. The van der Waals surface area contributed by atoms with Crippen molar-refractivity contribution in [1.82, 2.24) is 19.9 Å². The highest BCUT2D eigenvalue weighted by Gasteiger charge is 2.12. The first-order chi connectivity index (χ1) is 12.8. The normalized spacial score (nSPS) is 10.8. The van der Waals surface area contributed by atoms with Crippen LogP contribution in [0.15, 0.2) is 36.4 Å². The van der Waals surface area contributed by atoms with E-state index in [0.29, 0.717) is 22.5 Å². The number of nitrogens with zero attached hydrogens (tertiary/aromatic N) is 6. The van der Waals surface area contributed by atoms with Crippen molar-refractivity contribution in [2.45, 2.75) is 11.5 Å². The summed E-state index contributed by atoms with van der Waals surface area (Å²) >= 11 is 2.21. The number of thioether (sulfide) groups is 2. The van der Waals surface area contributed by atoms with Gasteiger partial charge < -0.3 is 0 Å². The number of hydrogen-bond donors (Lipinski definition) is 0. The highest BCUT2D eigenvalue weighted by atomic mass is 32.2. The second-order valence-corrected chi connectivity index (χ2v) is 6.94. The molecule has 0 saturated carbocycles. The van der Waals surface area contributed by atoms with Crippen LogP contribution in [-0.2, 0) is 11.5 Å². The minimum atomic E-state index is 0.433. The van der Waals surface area contributed by atoms with Crippen LogP contribution in [0.5, 0.6) is 0 Å². The van der Waals surface area contributed by atoms with E-state index in [1.54, 1.807) is 0 Å². The molecule has 0 atom stereocenters. The summed E-state index contributed by atoms with van der Waals surface area (Å²) in [5, 5.41) is 21.8. The van der Waals surface area contributed by atoms with Crippen LogP contribution in [0.2, 0.25) is 0 Å². The largest absolute Gasteiger partial charge is 0.248 e. The second-order valence-electron chi connectivity index (χ2n) is 5.42. The summed E-state index contributed by atoms with van der Waals surface area (Å²) < 4.78 is 0. The number of hydrogen-bond acceptors (Lipinski definition) is 8. The molecule has 4 aromatic rings. The van der Waals surface area contributed by atoms with Gasteiger partial charge in [0.1, 0.15) is 10.8 Å². The number of para-hydroxylation sites is 2. The van der Waals surface area contributed by atoms with E-state index in [4.69, 9.17) is 10.5 Å². The SMILES string of the molecule is N#CSCc1nc2cc3nc4ccccc4nc3cc2nc1CSC#N. The predicted octanol–water partition coefficient (Wildman–Crippen LogP) is 4.15. The van der Waals surface area contributed by atoms with E-state index in [0.717, 1.165) is 57.0 Å². The average Bonchev–Trinajstić information content (AvgIpc) is 2.67. The van der Waals surface area contributed by atoms with Crippen LogP contribution in [0.3, 0.4) is 0 Å². The fourth-order valence-electron chi connectivity index (χ4n) is 2.68. The molecule has 2 aromatic carbocycles. The van der Waals surface area contributed by atoms with E-state index in [1.807, 2.05) is 36.4 Å². The van der Waals surface area contributed by atoms with Crippen molar-refractivity contribution in [2.75, 3.05) is 0 Å². The minimum Gasteiger partial charge on any atom is -0.248 e. The number of benzene rings is 2. The van der Waals surface area contributed by atoms with E-state index < -0.39 is 0 Å². The van der Waals surface area contributed by atoms with E-state index in [-0.39, 0.29) is 0 Å². The molecule has 0 radical (unpaired) electrons. The zero-order valence-electron chi connectivity index (χ0n) is 13.4. The number of aromatic nitrogens is 4. The number of nitriles is 2. The van der Waals surface area contributed by atoms with Gasteiger partial charge in [0.15, 0.2) is 0 Å². The molecule has 26 heavy (non-hydrogen) atoms. The van der Waals surface area contributed by atoms with E-state index in [1.165, 1.54) is 0 Å². The Morgan fingerprint density at radius 2 is 1.08 bits per heavy atom. The third-order valence-corrected chi connectivity index (χ3v) is 4.92. The summed E-state index contributed by atoms with van der Waals surface area (Å²) in [6, 6.07) is 11.5. The number of fused-ring (bicyclic) bond motifs is 3. The summed E-state index contributed by atoms with van der Waals surface area (Å²) in [5.41, 5.74) is 6.03. The predicted molar refractivity (Wildman–Crippen MR) is 104 cm³/mol. The quantitative estimate of drug-likeness (QED) is 0.388. The molecule has 2 aromatic heterocycles. The number of thiocyanates is 2. The Balaban J connectivity index is 1.92. The van der Waals surface area contributed by atoms with Crippen LogP contribution in [0.4, 0.5) is 0 Å². The van der Waals surface area contributed by atoms with Gasteiger partial charge >= 0.3 is 0 Å². The molecule has 0 bridgehead atoms. The molecule has 0 N–H and O–H groups in total. The van der Waals surface area contributed by atoms with Crippen molar-refractivity contribution >= 4 is 56.6 Å². The monoisotopic (exact) mass is 374 g/mol. The molecule has 4 rings (SSSR count). The Hall–Kier alpha value is -2.94. The molecule has 0 saturated heterocycles. The topological polar surface area (TPSA) is 99.1 Å². The van der Waals surface area contributed by atoms with Gasteiger partial charge in [0, 0.05) is 0 Å². The van der Waals surface area contributed by atoms with E-state index in [2.05, 4.69) is 30.7 Å². The summed E-state index contributed by atoms with van der Waals surface area (Å²) in [7, 11) is 0. The lowest BCUT2D eigenvalue weighted by Gasteiger charge is -2.08. The minimum absolute atomic E-state index is 0.433. The zero-order chi connectivity index (χ0) is 17.9. The molecule has 6 nitrogen and oxygen atoms in total. The maximum atomic E-state index is 8.84. The van der Waals surface area contributed by atoms with Gasteiger partial charge in [-0.15, -0.1) is 0 Å². The smallest absolute Gasteiger partial charge is 0.133 e. The molecule has 8 heteroatoms. The molecule has 0 aliphatic rings. The molecule has 0 fully saturated rings. The highest BCUT2D eigenvalue weighted by molar-refractivity contribution is 8.03. The lowest BCUT2D eigenvalue weighted by atomic mass is 10.2. The van der Waals surface area contributed by atoms with Gasteiger partial charge in [0.05, 0.1) is 56.0 Å². The second kappa shape index (κ2) is 7.12. The third kappa shape index (κ3) is 3.13. The van der Waals surface area contributed by atoms with Gasteiger partial charge in [-0.25, -0.2) is 19.9 Å². The molecule has 124 valence electrons. The fourth-order valence-corrected chi connectivity index (χ4v) is 3.54. The molecular formula is C18H10N6S2. The van der Waals surface area contributed by atoms with Gasteiger partial charge in [0.2, 0.25) is 0 Å². The van der Waals surface area contributed by atoms with Crippen molar-refractivity contribution in [3.63, 3.8) is 0 Å². The maximum absolute atomic E-state index is 8.84. The Labute approximate surface area is 157 Å². The van der Waals surface area contributed by atoms with Crippen LogP contribution < -0.4 is 0 Å². The Kier molecular flexibility index (Phi) is 4.53. The van der Waals surface area contributed by atoms with Crippen LogP contribution in [0, 0.1) is 21.3 Å². The lowest BCUT2D eigenvalue weighted by molar-refractivity contribution is 1.07. The number of rotatable bonds is 4. The Bertz CT molecular complexity index is 1130. The summed E-state index contributed by atoms with van der Waals surface area (Å²) in [6.07, 6.45) is 0. The Morgan fingerprint density at radius 1 is 0.654 bits per heavy atom. The van der Waals surface area contributed by atoms with Gasteiger partial charge in [-0.05, 0) is 47.8 Å². The van der Waals surface area contributed by atoms with Crippen molar-refractivity contribution in [2.24, 2.45) is 0 Å². The van der Waals surface area contributed by atoms with Crippen molar-refractivity contribution in [1.29, 1.82) is 10.5 Å². The maximum Gasteiger partial charge on any atom is 0.133 e. The molecule has 0 amide bonds. The lowest BCUT2D eigenvalue weighted by Crippen LogP contribution is -2.01. The first kappa shape index (κ1) is 16.5. The van der Waals surface area contributed by atoms with Crippen LogP contribution in [0.25, 0.3) is 33.1 Å². The molecule has 0 unspecified atom stereocenters. The fraction of sp³-hybridized carbons (Fsp3) is 0.111. The average molecular weight is 374 g/mol. The molecule has 0 spiro atoms. The summed E-state index contributed by atoms with van der Waals surface area (Å²) in [5.74, 6) is 0.865. The van der Waals surface area contributed by atoms with Crippen molar-refractivity contribution < 1.29 is 0 Å². The van der Waals surface area contributed by atoms with Crippen molar-refractivity contribution in [3.05, 3.63) is 47.8 Å². The first-order valence-electron chi connectivity index (χ1n) is 7.66. The molecule has 0 aliphatic carbocycles.